The van der Waals surface area contributed by atoms with E-state index >= 15 is 0 Å². The molecule has 0 unspecified atom stereocenters. The van der Waals surface area contributed by atoms with Crippen molar-refractivity contribution in [2.24, 2.45) is 0 Å². The third-order valence-electron chi connectivity index (χ3n) is 2.76. The number of carbonyl (C=O) groups is 1. The summed E-state index contributed by atoms with van der Waals surface area (Å²) >= 11 is 7.65. The van der Waals surface area contributed by atoms with Gasteiger partial charge in [0.2, 0.25) is 0 Å². The number of ether oxygens (including phenoxy) is 2. The third kappa shape index (κ3) is 4.35. The lowest BCUT2D eigenvalue weighted by Crippen LogP contribution is -2.03. The summed E-state index contributed by atoms with van der Waals surface area (Å²) in [4.78, 5) is 11.3. The maximum Gasteiger partial charge on any atom is 0.252 e. The summed E-state index contributed by atoms with van der Waals surface area (Å²) in [6.07, 6.45) is 0. The van der Waals surface area contributed by atoms with Crippen molar-refractivity contribution < 1.29 is 14.3 Å². The van der Waals surface area contributed by atoms with E-state index in [1.807, 2.05) is 37.3 Å². The molecule has 0 aliphatic heterocycles. The average Bonchev–Trinajstić information content (AvgIpc) is 2.47. The number of carbonyl (C=O) groups excluding carboxylic acids is 1. The van der Waals surface area contributed by atoms with Crippen molar-refractivity contribution in [2.75, 3.05) is 6.61 Å². The first kappa shape index (κ1) is 16.1. The van der Waals surface area contributed by atoms with Crippen LogP contribution < -0.4 is 9.47 Å². The molecule has 0 saturated carbocycles. The highest BCUT2D eigenvalue weighted by atomic mass is 127. The Hall–Kier alpha value is -1.27. The molecule has 0 heterocycles. The predicted molar refractivity (Wildman–Crippen MR) is 91.3 cm³/mol. The highest BCUT2D eigenvalue weighted by molar-refractivity contribution is 14.1. The van der Waals surface area contributed by atoms with Crippen LogP contribution in [0.1, 0.15) is 22.8 Å². The van der Waals surface area contributed by atoms with E-state index in [2.05, 4.69) is 22.6 Å². The molecule has 0 aromatic heterocycles. The SMILES string of the molecule is CCOc1cc(C(=O)Cl)cc(I)c1OCc1ccccc1. The smallest absolute Gasteiger partial charge is 0.252 e. The summed E-state index contributed by atoms with van der Waals surface area (Å²) in [6, 6.07) is 13.2. The van der Waals surface area contributed by atoms with Crippen LogP contribution in [0.2, 0.25) is 0 Å². The van der Waals surface area contributed by atoms with Crippen molar-refractivity contribution in [3.8, 4) is 11.5 Å². The van der Waals surface area contributed by atoms with Gasteiger partial charge in [-0.05, 0) is 58.8 Å². The lowest BCUT2D eigenvalue weighted by Gasteiger charge is -2.14. The molecule has 0 spiro atoms. The van der Waals surface area contributed by atoms with E-state index in [1.165, 1.54) is 0 Å². The second-order valence-electron chi connectivity index (χ2n) is 4.27. The Labute approximate surface area is 142 Å². The summed E-state index contributed by atoms with van der Waals surface area (Å²) in [5.41, 5.74) is 1.46. The number of hydrogen-bond acceptors (Lipinski definition) is 3. The molecule has 110 valence electrons. The van der Waals surface area contributed by atoms with Crippen LogP contribution in [0.4, 0.5) is 0 Å². The molecule has 2 aromatic rings. The van der Waals surface area contributed by atoms with Gasteiger partial charge in [-0.3, -0.25) is 4.79 Å². The largest absolute Gasteiger partial charge is 0.490 e. The number of halogens is 2. The normalized spacial score (nSPS) is 10.2. The Morgan fingerprint density at radius 1 is 1.19 bits per heavy atom. The third-order valence-corrected chi connectivity index (χ3v) is 3.78. The van der Waals surface area contributed by atoms with Gasteiger partial charge < -0.3 is 9.47 Å². The molecule has 3 nitrogen and oxygen atoms in total. The molecule has 0 amide bonds. The van der Waals surface area contributed by atoms with Crippen LogP contribution in [0.15, 0.2) is 42.5 Å². The molecule has 0 aliphatic carbocycles. The number of benzene rings is 2. The zero-order valence-corrected chi connectivity index (χ0v) is 14.3. The van der Waals surface area contributed by atoms with E-state index in [1.54, 1.807) is 12.1 Å². The minimum atomic E-state index is -0.511. The van der Waals surface area contributed by atoms with Gasteiger partial charge in [0.25, 0.3) is 5.24 Å². The molecule has 2 aromatic carbocycles. The van der Waals surface area contributed by atoms with Crippen molar-refractivity contribution in [3.05, 3.63) is 57.2 Å². The van der Waals surface area contributed by atoms with E-state index in [-0.39, 0.29) is 0 Å². The minimum absolute atomic E-state index is 0.400. The van der Waals surface area contributed by atoms with Crippen LogP contribution in [0, 0.1) is 3.57 Å². The zero-order valence-electron chi connectivity index (χ0n) is 11.4. The predicted octanol–water partition coefficient (Wildman–Crippen LogP) is 4.65. The summed E-state index contributed by atoms with van der Waals surface area (Å²) in [5.74, 6) is 1.16. The number of rotatable bonds is 6. The molecule has 0 N–H and O–H groups in total. The summed E-state index contributed by atoms with van der Waals surface area (Å²) in [5, 5.41) is -0.511. The van der Waals surface area contributed by atoms with E-state index in [0.717, 1.165) is 9.13 Å². The molecule has 0 atom stereocenters. The van der Waals surface area contributed by atoms with Crippen molar-refractivity contribution in [3.63, 3.8) is 0 Å². The van der Waals surface area contributed by atoms with E-state index in [0.29, 0.717) is 30.3 Å². The fraction of sp³-hybridized carbons (Fsp3) is 0.188. The van der Waals surface area contributed by atoms with Crippen molar-refractivity contribution in [1.82, 2.24) is 0 Å². The average molecular weight is 417 g/mol. The lowest BCUT2D eigenvalue weighted by atomic mass is 10.2. The molecule has 5 heteroatoms. The highest BCUT2D eigenvalue weighted by Gasteiger charge is 2.15. The van der Waals surface area contributed by atoms with Crippen molar-refractivity contribution in [2.45, 2.75) is 13.5 Å². The fourth-order valence-corrected chi connectivity index (χ4v) is 2.68. The van der Waals surface area contributed by atoms with Gasteiger partial charge in [-0.25, -0.2) is 0 Å². The Balaban J connectivity index is 2.26. The fourth-order valence-electron chi connectivity index (χ4n) is 1.81. The van der Waals surface area contributed by atoms with Gasteiger partial charge in [-0.15, -0.1) is 0 Å². The molecule has 0 fully saturated rings. The van der Waals surface area contributed by atoms with E-state index in [9.17, 15) is 4.79 Å². The van der Waals surface area contributed by atoms with Crippen LogP contribution in [0.25, 0.3) is 0 Å². The first-order valence-electron chi connectivity index (χ1n) is 6.44. The highest BCUT2D eigenvalue weighted by Crippen LogP contribution is 2.35. The molecule has 2 rings (SSSR count). The first-order valence-corrected chi connectivity index (χ1v) is 7.90. The Bertz CT molecular complexity index is 629. The van der Waals surface area contributed by atoms with Gasteiger partial charge in [0.05, 0.1) is 10.2 Å². The number of hydrogen-bond donors (Lipinski definition) is 0. The van der Waals surface area contributed by atoms with Crippen LogP contribution in [-0.4, -0.2) is 11.8 Å². The summed E-state index contributed by atoms with van der Waals surface area (Å²) in [6.45, 7) is 2.80. The van der Waals surface area contributed by atoms with Gasteiger partial charge >= 0.3 is 0 Å². The maximum atomic E-state index is 11.3. The minimum Gasteiger partial charge on any atom is -0.490 e. The van der Waals surface area contributed by atoms with Gasteiger partial charge in [0.1, 0.15) is 6.61 Å². The van der Waals surface area contributed by atoms with E-state index in [4.69, 9.17) is 21.1 Å². The molecule has 0 radical (unpaired) electrons. The van der Waals surface area contributed by atoms with Crippen LogP contribution in [-0.2, 0) is 6.61 Å². The molecular weight excluding hydrogens is 403 g/mol. The van der Waals surface area contributed by atoms with E-state index < -0.39 is 5.24 Å². The van der Waals surface area contributed by atoms with Gasteiger partial charge in [0, 0.05) is 5.56 Å². The maximum absolute atomic E-state index is 11.3. The molecule has 0 saturated heterocycles. The second kappa shape index (κ2) is 7.66. The second-order valence-corrected chi connectivity index (χ2v) is 5.77. The van der Waals surface area contributed by atoms with Crippen molar-refractivity contribution in [1.29, 1.82) is 0 Å². The topological polar surface area (TPSA) is 35.5 Å². The summed E-state index contributed by atoms with van der Waals surface area (Å²) < 4.78 is 12.2. The monoisotopic (exact) mass is 416 g/mol. The van der Waals surface area contributed by atoms with Crippen LogP contribution in [0.5, 0.6) is 11.5 Å². The lowest BCUT2D eigenvalue weighted by molar-refractivity contribution is 0.108. The van der Waals surface area contributed by atoms with Crippen molar-refractivity contribution >= 4 is 39.4 Å². The zero-order chi connectivity index (χ0) is 15.2. The van der Waals surface area contributed by atoms with Crippen LogP contribution in [0.3, 0.4) is 0 Å². The molecule has 0 bridgehead atoms. The Morgan fingerprint density at radius 3 is 2.52 bits per heavy atom. The first-order chi connectivity index (χ1) is 10.1. The molecule has 0 aliphatic rings. The Kier molecular flexibility index (Phi) is 5.87. The van der Waals surface area contributed by atoms with Gasteiger partial charge in [0.15, 0.2) is 11.5 Å². The van der Waals surface area contributed by atoms with Gasteiger partial charge in [-0.1, -0.05) is 30.3 Å². The molecular formula is C16H14ClIO3. The quantitative estimate of drug-likeness (QED) is 0.508. The Morgan fingerprint density at radius 2 is 1.90 bits per heavy atom. The summed E-state index contributed by atoms with van der Waals surface area (Å²) in [7, 11) is 0. The van der Waals surface area contributed by atoms with Crippen LogP contribution >= 0.6 is 34.2 Å². The van der Waals surface area contributed by atoms with Gasteiger partial charge in [-0.2, -0.15) is 0 Å². The standard InChI is InChI=1S/C16H14ClIO3/c1-2-20-14-9-12(16(17)19)8-13(18)15(14)21-10-11-6-4-3-5-7-11/h3-9H,2,10H2,1H3. The molecule has 21 heavy (non-hydrogen) atoms.